The lowest BCUT2D eigenvalue weighted by Gasteiger charge is -2.17. The summed E-state index contributed by atoms with van der Waals surface area (Å²) in [7, 11) is 0.579. The number of methoxy groups -OCH3 is 1. The summed E-state index contributed by atoms with van der Waals surface area (Å²) in [5.41, 5.74) is 1.77. The first-order chi connectivity index (χ1) is 12.1. The number of halogens is 1. The molecule has 0 bridgehead atoms. The summed E-state index contributed by atoms with van der Waals surface area (Å²) in [6.45, 7) is 3.52. The van der Waals surface area contributed by atoms with Crippen molar-refractivity contribution in [2.75, 3.05) is 26.5 Å². The lowest BCUT2D eigenvalue weighted by Crippen LogP contribution is -2.23. The topological polar surface area (TPSA) is 75.7 Å². The summed E-state index contributed by atoms with van der Waals surface area (Å²) in [5, 5.41) is 2.65. The van der Waals surface area contributed by atoms with Crippen LogP contribution in [-0.4, -0.2) is 39.8 Å². The molecule has 140 valence electrons. The van der Waals surface area contributed by atoms with E-state index in [1.165, 1.54) is 39.4 Å². The van der Waals surface area contributed by atoms with E-state index in [1.807, 2.05) is 0 Å². The molecule has 0 heterocycles. The smallest absolute Gasteiger partial charge is 0.259 e. The quantitative estimate of drug-likeness (QED) is 0.865. The Balaban J connectivity index is 2.49. The number of rotatable bonds is 5. The Hall–Kier alpha value is -2.45. The van der Waals surface area contributed by atoms with Crippen LogP contribution in [0.2, 0.25) is 0 Å². The molecule has 0 spiro atoms. The number of anilines is 1. The van der Waals surface area contributed by atoms with Gasteiger partial charge in [0.1, 0.15) is 11.6 Å². The predicted molar refractivity (Wildman–Crippen MR) is 97.7 cm³/mol. The lowest BCUT2D eigenvalue weighted by atomic mass is 10.1. The third kappa shape index (κ3) is 3.86. The molecule has 0 fully saturated rings. The normalized spacial score (nSPS) is 11.5. The van der Waals surface area contributed by atoms with Gasteiger partial charge in [-0.25, -0.2) is 17.1 Å². The Morgan fingerprint density at radius 1 is 1.15 bits per heavy atom. The van der Waals surface area contributed by atoms with Crippen LogP contribution in [0.25, 0.3) is 0 Å². The van der Waals surface area contributed by atoms with Gasteiger partial charge in [-0.3, -0.25) is 4.79 Å². The number of nitrogens with one attached hydrogen (secondary N) is 1. The summed E-state index contributed by atoms with van der Waals surface area (Å²) >= 11 is 0. The highest BCUT2D eigenvalue weighted by atomic mass is 32.2. The van der Waals surface area contributed by atoms with Crippen LogP contribution in [0.1, 0.15) is 21.5 Å². The minimum atomic E-state index is -3.66. The van der Waals surface area contributed by atoms with Crippen LogP contribution >= 0.6 is 0 Å². The second-order valence-corrected chi connectivity index (χ2v) is 8.15. The van der Waals surface area contributed by atoms with Gasteiger partial charge in [0.05, 0.1) is 17.6 Å². The first-order valence-electron chi connectivity index (χ1n) is 7.76. The Bertz CT molecular complexity index is 956. The van der Waals surface area contributed by atoms with Crippen molar-refractivity contribution >= 4 is 21.6 Å². The van der Waals surface area contributed by atoms with Crippen LogP contribution < -0.4 is 10.1 Å². The second-order valence-electron chi connectivity index (χ2n) is 6.00. The molecule has 0 radical (unpaired) electrons. The molecule has 0 aromatic heterocycles. The van der Waals surface area contributed by atoms with Gasteiger partial charge in [-0.2, -0.15) is 0 Å². The molecule has 26 heavy (non-hydrogen) atoms. The number of benzene rings is 2. The molecule has 0 atom stereocenters. The van der Waals surface area contributed by atoms with Crippen molar-refractivity contribution in [1.82, 2.24) is 4.31 Å². The van der Waals surface area contributed by atoms with Crippen molar-refractivity contribution < 1.29 is 22.3 Å². The van der Waals surface area contributed by atoms with E-state index >= 15 is 0 Å². The molecule has 0 aliphatic carbocycles. The molecular formula is C18H21FN2O4S. The van der Waals surface area contributed by atoms with Crippen molar-refractivity contribution in [3.63, 3.8) is 0 Å². The van der Waals surface area contributed by atoms with Crippen molar-refractivity contribution in [3.05, 3.63) is 52.8 Å². The summed E-state index contributed by atoms with van der Waals surface area (Å²) < 4.78 is 44.5. The van der Waals surface area contributed by atoms with E-state index in [-0.39, 0.29) is 16.2 Å². The van der Waals surface area contributed by atoms with Crippen molar-refractivity contribution in [1.29, 1.82) is 0 Å². The maximum Gasteiger partial charge on any atom is 0.259 e. The minimum Gasteiger partial charge on any atom is -0.496 e. The van der Waals surface area contributed by atoms with Crippen LogP contribution in [-0.2, 0) is 10.0 Å². The SMILES string of the molecule is COc1ccc(F)cc1C(=O)Nc1cc(S(=O)(=O)N(C)C)cc(C)c1C. The van der Waals surface area contributed by atoms with Gasteiger partial charge in [-0.15, -0.1) is 0 Å². The van der Waals surface area contributed by atoms with Gasteiger partial charge >= 0.3 is 0 Å². The van der Waals surface area contributed by atoms with E-state index in [9.17, 15) is 17.6 Å². The zero-order chi connectivity index (χ0) is 19.6. The Labute approximate surface area is 152 Å². The fraction of sp³-hybridized carbons (Fsp3) is 0.278. The fourth-order valence-corrected chi connectivity index (χ4v) is 3.38. The van der Waals surface area contributed by atoms with Gasteiger partial charge in [-0.05, 0) is 55.3 Å². The van der Waals surface area contributed by atoms with Gasteiger partial charge in [0, 0.05) is 19.8 Å². The molecule has 2 aromatic carbocycles. The molecule has 6 nitrogen and oxygen atoms in total. The second kappa shape index (κ2) is 7.43. The van der Waals surface area contributed by atoms with Gasteiger partial charge < -0.3 is 10.1 Å². The standard InChI is InChI=1S/C18H21FN2O4S/c1-11-8-14(26(23,24)21(3)4)10-16(12(11)2)20-18(22)15-9-13(19)6-7-17(15)25-5/h6-10H,1-5H3,(H,20,22). The molecule has 0 saturated heterocycles. The average molecular weight is 380 g/mol. The molecule has 1 N–H and O–H groups in total. The molecule has 0 aliphatic rings. The summed E-state index contributed by atoms with van der Waals surface area (Å²) in [4.78, 5) is 12.6. The Kier molecular flexibility index (Phi) is 5.68. The number of carbonyl (C=O) groups excluding carboxylic acids is 1. The zero-order valence-corrected chi connectivity index (χ0v) is 16.1. The summed E-state index contributed by atoms with van der Waals surface area (Å²) in [6, 6.07) is 6.55. The Morgan fingerprint density at radius 2 is 1.81 bits per heavy atom. The molecular weight excluding hydrogens is 359 g/mol. The first-order valence-corrected chi connectivity index (χ1v) is 9.20. The fourth-order valence-electron chi connectivity index (χ4n) is 2.36. The summed E-state index contributed by atoms with van der Waals surface area (Å²) in [6.07, 6.45) is 0. The van der Waals surface area contributed by atoms with E-state index in [0.717, 1.165) is 10.4 Å². The number of sulfonamides is 1. The van der Waals surface area contributed by atoms with Crippen LogP contribution in [0.15, 0.2) is 35.2 Å². The van der Waals surface area contributed by atoms with Crippen LogP contribution in [0.4, 0.5) is 10.1 Å². The van der Waals surface area contributed by atoms with E-state index in [2.05, 4.69) is 5.32 Å². The van der Waals surface area contributed by atoms with E-state index in [0.29, 0.717) is 16.8 Å². The number of amides is 1. The summed E-state index contributed by atoms with van der Waals surface area (Å²) in [5.74, 6) is -0.952. The maximum absolute atomic E-state index is 13.5. The number of ether oxygens (including phenoxy) is 1. The molecule has 2 aromatic rings. The highest BCUT2D eigenvalue weighted by molar-refractivity contribution is 7.89. The van der Waals surface area contributed by atoms with Gasteiger partial charge in [0.2, 0.25) is 10.0 Å². The lowest BCUT2D eigenvalue weighted by molar-refractivity contribution is 0.102. The number of hydrogen-bond donors (Lipinski definition) is 1. The van der Waals surface area contributed by atoms with Gasteiger partial charge in [-0.1, -0.05) is 0 Å². The van der Waals surface area contributed by atoms with E-state index in [4.69, 9.17) is 4.74 Å². The van der Waals surface area contributed by atoms with E-state index < -0.39 is 21.7 Å². The molecule has 1 amide bonds. The molecule has 0 aliphatic heterocycles. The number of hydrogen-bond acceptors (Lipinski definition) is 4. The Morgan fingerprint density at radius 3 is 2.38 bits per heavy atom. The third-order valence-corrected chi connectivity index (χ3v) is 5.87. The predicted octanol–water partition coefficient (Wildman–Crippen LogP) is 2.95. The molecule has 0 saturated carbocycles. The largest absolute Gasteiger partial charge is 0.496 e. The van der Waals surface area contributed by atoms with Crippen molar-refractivity contribution in [2.24, 2.45) is 0 Å². The van der Waals surface area contributed by atoms with Gasteiger partial charge in [0.15, 0.2) is 0 Å². The minimum absolute atomic E-state index is 0.0189. The van der Waals surface area contributed by atoms with Crippen LogP contribution in [0.3, 0.4) is 0 Å². The molecule has 0 unspecified atom stereocenters. The van der Waals surface area contributed by atoms with Crippen molar-refractivity contribution in [3.8, 4) is 5.75 Å². The van der Waals surface area contributed by atoms with Crippen molar-refractivity contribution in [2.45, 2.75) is 18.7 Å². The highest BCUT2D eigenvalue weighted by Gasteiger charge is 2.21. The molecule has 8 heteroatoms. The first kappa shape index (κ1) is 19.9. The van der Waals surface area contributed by atoms with Crippen LogP contribution in [0.5, 0.6) is 5.75 Å². The van der Waals surface area contributed by atoms with E-state index in [1.54, 1.807) is 19.9 Å². The van der Waals surface area contributed by atoms with Gasteiger partial charge in [0.25, 0.3) is 5.91 Å². The average Bonchev–Trinajstić information content (AvgIpc) is 2.58. The van der Waals surface area contributed by atoms with Crippen LogP contribution in [0, 0.1) is 19.7 Å². The monoisotopic (exact) mass is 380 g/mol. The third-order valence-electron chi connectivity index (χ3n) is 4.07. The molecule has 2 rings (SSSR count). The number of aryl methyl sites for hydroxylation is 1. The maximum atomic E-state index is 13.5. The number of carbonyl (C=O) groups is 1. The highest BCUT2D eigenvalue weighted by Crippen LogP contribution is 2.27. The zero-order valence-electron chi connectivity index (χ0n) is 15.3. The number of nitrogens with zero attached hydrogens (tertiary/aromatic N) is 1.